The monoisotopic (exact) mass is 186 g/mol. The van der Waals surface area contributed by atoms with Crippen LogP contribution in [0.25, 0.3) is 0 Å². The van der Waals surface area contributed by atoms with E-state index in [0.29, 0.717) is 5.92 Å². The lowest BCUT2D eigenvalue weighted by Gasteiger charge is -2.15. The normalized spacial score (nSPS) is 33.7. The van der Waals surface area contributed by atoms with Crippen molar-refractivity contribution in [1.29, 1.82) is 0 Å². The highest BCUT2D eigenvalue weighted by Crippen LogP contribution is 2.23. The van der Waals surface area contributed by atoms with E-state index in [9.17, 15) is 4.39 Å². The lowest BCUT2D eigenvalue weighted by Crippen LogP contribution is -2.12. The van der Waals surface area contributed by atoms with Crippen LogP contribution in [0.4, 0.5) is 4.39 Å². The van der Waals surface area contributed by atoms with Gasteiger partial charge in [0.1, 0.15) is 6.17 Å². The molecule has 13 heavy (non-hydrogen) atoms. The molecule has 0 nitrogen and oxygen atoms in total. The molecule has 0 heterocycles. The molecular weight excluding hydrogens is 163 g/mol. The third-order valence-electron chi connectivity index (χ3n) is 3.26. The summed E-state index contributed by atoms with van der Waals surface area (Å²) in [7, 11) is 0. The first-order valence-electron chi connectivity index (χ1n) is 5.95. The van der Waals surface area contributed by atoms with Gasteiger partial charge in [-0.3, -0.25) is 0 Å². The van der Waals surface area contributed by atoms with Gasteiger partial charge in [-0.05, 0) is 18.8 Å². The summed E-state index contributed by atoms with van der Waals surface area (Å²) in [6.07, 6.45) is 10.3. The quantitative estimate of drug-likeness (QED) is 0.523. The molecular formula is C12H23F. The fourth-order valence-corrected chi connectivity index (χ4v) is 2.15. The van der Waals surface area contributed by atoms with Crippen molar-refractivity contribution in [2.45, 2.75) is 70.9 Å². The fourth-order valence-electron chi connectivity index (χ4n) is 2.15. The summed E-state index contributed by atoms with van der Waals surface area (Å²) in [5, 5.41) is 0. The highest BCUT2D eigenvalue weighted by Gasteiger charge is 2.15. The lowest BCUT2D eigenvalue weighted by atomic mass is 9.96. The molecule has 1 aliphatic carbocycles. The Bertz CT molecular complexity index is 108. The molecule has 0 aromatic rings. The van der Waals surface area contributed by atoms with Gasteiger partial charge in [0.05, 0.1) is 0 Å². The van der Waals surface area contributed by atoms with Gasteiger partial charge in [-0.1, -0.05) is 51.9 Å². The Balaban J connectivity index is 2.26. The molecule has 0 bridgehead atoms. The fraction of sp³-hybridized carbons (Fsp3) is 1.00. The van der Waals surface area contributed by atoms with Crippen molar-refractivity contribution in [3.63, 3.8) is 0 Å². The van der Waals surface area contributed by atoms with Crippen molar-refractivity contribution in [2.24, 2.45) is 5.92 Å². The summed E-state index contributed by atoms with van der Waals surface area (Å²) >= 11 is 0. The zero-order valence-electron chi connectivity index (χ0n) is 8.90. The predicted molar refractivity (Wildman–Crippen MR) is 55.6 cm³/mol. The standard InChI is InChI=1S/C12H23F/c1-11-9-7-5-3-2-4-6-8-10-12(11)13/h11-12H,2-10H2,1H3. The maximum Gasteiger partial charge on any atom is 0.103 e. The second-order valence-electron chi connectivity index (χ2n) is 4.55. The predicted octanol–water partition coefficient (Wildman–Crippen LogP) is 4.49. The second-order valence-corrected chi connectivity index (χ2v) is 4.55. The van der Waals surface area contributed by atoms with Gasteiger partial charge in [0, 0.05) is 0 Å². The maximum absolute atomic E-state index is 13.5. The zero-order valence-corrected chi connectivity index (χ0v) is 8.90. The van der Waals surface area contributed by atoms with Gasteiger partial charge in [0.2, 0.25) is 0 Å². The first-order valence-corrected chi connectivity index (χ1v) is 5.95. The molecule has 0 amide bonds. The van der Waals surface area contributed by atoms with Crippen molar-refractivity contribution < 1.29 is 4.39 Å². The molecule has 0 aromatic carbocycles. The van der Waals surface area contributed by atoms with E-state index < -0.39 is 6.17 Å². The smallest absolute Gasteiger partial charge is 0.103 e. The first-order chi connectivity index (χ1) is 6.30. The third-order valence-corrected chi connectivity index (χ3v) is 3.26. The Morgan fingerprint density at radius 1 is 0.769 bits per heavy atom. The van der Waals surface area contributed by atoms with Crippen molar-refractivity contribution in [3.8, 4) is 0 Å². The molecule has 2 unspecified atom stereocenters. The van der Waals surface area contributed by atoms with Gasteiger partial charge < -0.3 is 0 Å². The molecule has 0 N–H and O–H groups in total. The van der Waals surface area contributed by atoms with E-state index >= 15 is 0 Å². The minimum atomic E-state index is -0.530. The summed E-state index contributed by atoms with van der Waals surface area (Å²) < 4.78 is 13.5. The minimum absolute atomic E-state index is 0.304. The number of halogens is 1. The van der Waals surface area contributed by atoms with Gasteiger partial charge in [-0.2, -0.15) is 0 Å². The number of rotatable bonds is 0. The molecule has 1 heteroatoms. The van der Waals surface area contributed by atoms with Crippen LogP contribution in [-0.4, -0.2) is 6.17 Å². The molecule has 1 fully saturated rings. The number of hydrogen-bond donors (Lipinski definition) is 0. The molecule has 1 aliphatic rings. The van der Waals surface area contributed by atoms with Crippen LogP contribution in [0.1, 0.15) is 64.7 Å². The van der Waals surface area contributed by atoms with E-state index in [-0.39, 0.29) is 0 Å². The molecule has 0 aliphatic heterocycles. The second kappa shape index (κ2) is 6.39. The largest absolute Gasteiger partial charge is 0.247 e. The van der Waals surface area contributed by atoms with E-state index in [0.717, 1.165) is 19.3 Å². The molecule has 0 spiro atoms. The van der Waals surface area contributed by atoms with E-state index in [4.69, 9.17) is 0 Å². The Morgan fingerprint density at radius 2 is 1.23 bits per heavy atom. The van der Waals surface area contributed by atoms with Gasteiger partial charge >= 0.3 is 0 Å². The molecule has 0 saturated heterocycles. The minimum Gasteiger partial charge on any atom is -0.247 e. The van der Waals surface area contributed by atoms with E-state index in [2.05, 4.69) is 6.92 Å². The van der Waals surface area contributed by atoms with Crippen LogP contribution in [0.5, 0.6) is 0 Å². The third kappa shape index (κ3) is 4.64. The topological polar surface area (TPSA) is 0 Å². The van der Waals surface area contributed by atoms with Crippen LogP contribution in [0, 0.1) is 5.92 Å². The number of alkyl halides is 1. The van der Waals surface area contributed by atoms with Crippen molar-refractivity contribution in [2.75, 3.05) is 0 Å². The van der Waals surface area contributed by atoms with Crippen LogP contribution in [0.2, 0.25) is 0 Å². The molecule has 0 radical (unpaired) electrons. The van der Waals surface area contributed by atoms with Gasteiger partial charge in [-0.25, -0.2) is 4.39 Å². The van der Waals surface area contributed by atoms with Crippen LogP contribution in [0.15, 0.2) is 0 Å². The van der Waals surface area contributed by atoms with Gasteiger partial charge in [-0.15, -0.1) is 0 Å². The maximum atomic E-state index is 13.5. The summed E-state index contributed by atoms with van der Waals surface area (Å²) in [6.45, 7) is 2.07. The Hall–Kier alpha value is -0.0700. The van der Waals surface area contributed by atoms with Crippen molar-refractivity contribution in [1.82, 2.24) is 0 Å². The molecule has 0 aromatic heterocycles. The molecule has 1 saturated carbocycles. The Labute approximate surface area is 81.9 Å². The molecule has 2 atom stereocenters. The van der Waals surface area contributed by atoms with Crippen LogP contribution >= 0.6 is 0 Å². The van der Waals surface area contributed by atoms with E-state index in [1.165, 1.54) is 38.5 Å². The van der Waals surface area contributed by atoms with Crippen LogP contribution < -0.4 is 0 Å². The Kier molecular flexibility index (Phi) is 5.41. The summed E-state index contributed by atoms with van der Waals surface area (Å²) in [5.41, 5.74) is 0. The molecule has 1 rings (SSSR count). The SMILES string of the molecule is CC1CCCCCCCCCC1F. The summed E-state index contributed by atoms with van der Waals surface area (Å²) in [4.78, 5) is 0. The highest BCUT2D eigenvalue weighted by molar-refractivity contribution is 4.66. The van der Waals surface area contributed by atoms with Gasteiger partial charge in [0.15, 0.2) is 0 Å². The number of hydrogen-bond acceptors (Lipinski definition) is 0. The van der Waals surface area contributed by atoms with Crippen molar-refractivity contribution >= 4 is 0 Å². The average Bonchev–Trinajstić information content (AvgIpc) is 2.16. The van der Waals surface area contributed by atoms with E-state index in [1.807, 2.05) is 0 Å². The van der Waals surface area contributed by atoms with Crippen molar-refractivity contribution in [3.05, 3.63) is 0 Å². The zero-order chi connectivity index (χ0) is 9.52. The lowest BCUT2D eigenvalue weighted by molar-refractivity contribution is 0.210. The highest BCUT2D eigenvalue weighted by atomic mass is 19.1. The Morgan fingerprint density at radius 3 is 1.85 bits per heavy atom. The summed E-state index contributed by atoms with van der Waals surface area (Å²) in [5.74, 6) is 0.304. The first kappa shape index (κ1) is 11.0. The summed E-state index contributed by atoms with van der Waals surface area (Å²) in [6, 6.07) is 0. The molecule has 78 valence electrons. The van der Waals surface area contributed by atoms with E-state index in [1.54, 1.807) is 0 Å². The average molecular weight is 186 g/mol. The van der Waals surface area contributed by atoms with Crippen LogP contribution in [-0.2, 0) is 0 Å². The van der Waals surface area contributed by atoms with Gasteiger partial charge in [0.25, 0.3) is 0 Å². The van der Waals surface area contributed by atoms with Crippen LogP contribution in [0.3, 0.4) is 0 Å².